The standard InChI is InChI=1S/C15H13Cl3N4O/c16-11-4-5-12(17)10(6-11)8-23-13-3-1-2-9(14(13)18)7-21-22-15(19)20/h1-7H,8H2,(H4,19,20,22)/b21-7+. The molecule has 5 nitrogen and oxygen atoms in total. The molecule has 0 fully saturated rings. The second kappa shape index (κ2) is 8.06. The molecule has 0 heterocycles. The van der Waals surface area contributed by atoms with Gasteiger partial charge in [-0.3, -0.25) is 5.41 Å². The van der Waals surface area contributed by atoms with E-state index in [0.717, 1.165) is 5.56 Å². The Labute approximate surface area is 148 Å². The maximum absolute atomic E-state index is 7.03. The highest BCUT2D eigenvalue weighted by Gasteiger charge is 2.08. The normalized spacial score (nSPS) is 10.7. The van der Waals surface area contributed by atoms with Gasteiger partial charge >= 0.3 is 0 Å². The fraction of sp³-hybridized carbons (Fsp3) is 0.0667. The molecule has 0 saturated carbocycles. The summed E-state index contributed by atoms with van der Waals surface area (Å²) >= 11 is 18.3. The molecule has 4 N–H and O–H groups in total. The lowest BCUT2D eigenvalue weighted by molar-refractivity contribution is 0.306. The largest absolute Gasteiger partial charge is 0.487 e. The first-order valence-corrected chi connectivity index (χ1v) is 7.59. The molecule has 0 radical (unpaired) electrons. The van der Waals surface area contributed by atoms with E-state index in [2.05, 4.69) is 10.5 Å². The minimum Gasteiger partial charge on any atom is -0.487 e. The van der Waals surface area contributed by atoms with Crippen LogP contribution in [-0.2, 0) is 6.61 Å². The summed E-state index contributed by atoms with van der Waals surface area (Å²) in [5.41, 5.74) is 8.83. The summed E-state index contributed by atoms with van der Waals surface area (Å²) in [5.74, 6) is 0.217. The van der Waals surface area contributed by atoms with Gasteiger partial charge < -0.3 is 10.5 Å². The molecule has 0 aliphatic carbocycles. The number of hydrogen-bond donors (Lipinski definition) is 3. The van der Waals surface area contributed by atoms with E-state index in [1.807, 2.05) is 0 Å². The fourth-order valence-corrected chi connectivity index (χ4v) is 2.32. The first kappa shape index (κ1) is 17.4. The highest BCUT2D eigenvalue weighted by Crippen LogP contribution is 2.29. The molecule has 0 atom stereocenters. The topological polar surface area (TPSA) is 83.5 Å². The third-order valence-electron chi connectivity index (χ3n) is 2.77. The number of benzene rings is 2. The maximum Gasteiger partial charge on any atom is 0.206 e. The Bertz CT molecular complexity index is 749. The van der Waals surface area contributed by atoms with Gasteiger partial charge in [0.2, 0.25) is 5.96 Å². The third-order valence-corrected chi connectivity index (χ3v) is 3.78. The molecule has 0 bridgehead atoms. The van der Waals surface area contributed by atoms with Gasteiger partial charge in [-0.2, -0.15) is 5.10 Å². The lowest BCUT2D eigenvalue weighted by atomic mass is 10.2. The molecule has 0 amide bonds. The van der Waals surface area contributed by atoms with Crippen LogP contribution in [0.25, 0.3) is 0 Å². The number of hydrazone groups is 1. The number of hydrogen-bond acceptors (Lipinski definition) is 3. The molecule has 120 valence electrons. The SMILES string of the molecule is N=C(N)N/N=C/c1cccc(OCc2cc(Cl)ccc2Cl)c1Cl. The van der Waals surface area contributed by atoms with Crippen LogP contribution in [0.1, 0.15) is 11.1 Å². The molecular formula is C15H13Cl3N4O. The second-order valence-electron chi connectivity index (χ2n) is 4.47. The Hall–Kier alpha value is -1.95. The summed E-state index contributed by atoms with van der Waals surface area (Å²) < 4.78 is 5.70. The summed E-state index contributed by atoms with van der Waals surface area (Å²) in [6, 6.07) is 10.4. The van der Waals surface area contributed by atoms with Crippen LogP contribution < -0.4 is 15.9 Å². The predicted molar refractivity (Wildman–Crippen MR) is 94.9 cm³/mol. The minimum atomic E-state index is -0.264. The van der Waals surface area contributed by atoms with Gasteiger partial charge in [-0.05, 0) is 24.3 Å². The Kier molecular flexibility index (Phi) is 6.10. The molecule has 0 spiro atoms. The molecule has 23 heavy (non-hydrogen) atoms. The number of nitrogens with one attached hydrogen (secondary N) is 2. The van der Waals surface area contributed by atoms with E-state index in [-0.39, 0.29) is 12.6 Å². The van der Waals surface area contributed by atoms with Crippen molar-refractivity contribution in [2.24, 2.45) is 10.8 Å². The van der Waals surface area contributed by atoms with Gasteiger partial charge in [0.1, 0.15) is 12.4 Å². The number of rotatable bonds is 5. The Balaban J connectivity index is 2.13. The zero-order valence-corrected chi connectivity index (χ0v) is 14.1. The molecule has 0 aliphatic rings. The van der Waals surface area contributed by atoms with Crippen LogP contribution in [0.2, 0.25) is 15.1 Å². The summed E-state index contributed by atoms with van der Waals surface area (Å²) in [5, 5.41) is 12.3. The van der Waals surface area contributed by atoms with E-state index in [4.69, 9.17) is 50.7 Å². The zero-order chi connectivity index (χ0) is 16.8. The van der Waals surface area contributed by atoms with Crippen LogP contribution in [0, 0.1) is 5.41 Å². The second-order valence-corrected chi connectivity index (χ2v) is 5.69. The van der Waals surface area contributed by atoms with Gasteiger partial charge in [-0.1, -0.05) is 46.9 Å². The number of nitrogens with two attached hydrogens (primary N) is 1. The first-order chi connectivity index (χ1) is 11.0. The molecule has 0 aromatic heterocycles. The van der Waals surface area contributed by atoms with E-state index in [1.54, 1.807) is 36.4 Å². The lowest BCUT2D eigenvalue weighted by Crippen LogP contribution is -2.25. The van der Waals surface area contributed by atoms with Crippen molar-refractivity contribution < 1.29 is 4.74 Å². The van der Waals surface area contributed by atoms with E-state index >= 15 is 0 Å². The Morgan fingerprint density at radius 3 is 2.78 bits per heavy atom. The van der Waals surface area contributed by atoms with Crippen molar-refractivity contribution in [3.8, 4) is 5.75 Å². The molecule has 0 saturated heterocycles. The lowest BCUT2D eigenvalue weighted by Gasteiger charge is -2.11. The summed E-state index contributed by atoms with van der Waals surface area (Å²) in [6.45, 7) is 0.228. The van der Waals surface area contributed by atoms with Crippen LogP contribution in [0.15, 0.2) is 41.5 Å². The Morgan fingerprint density at radius 1 is 1.26 bits per heavy atom. The van der Waals surface area contributed by atoms with Crippen molar-refractivity contribution in [3.05, 3.63) is 62.6 Å². The molecule has 8 heteroatoms. The average Bonchev–Trinajstić information content (AvgIpc) is 2.50. The summed E-state index contributed by atoms with van der Waals surface area (Å²) in [4.78, 5) is 0. The van der Waals surface area contributed by atoms with E-state index in [9.17, 15) is 0 Å². The fourth-order valence-electron chi connectivity index (χ4n) is 1.72. The molecular weight excluding hydrogens is 359 g/mol. The van der Waals surface area contributed by atoms with Gasteiger partial charge in [0.15, 0.2) is 0 Å². The van der Waals surface area contributed by atoms with E-state index in [1.165, 1.54) is 6.21 Å². The van der Waals surface area contributed by atoms with Crippen LogP contribution in [0.3, 0.4) is 0 Å². The van der Waals surface area contributed by atoms with Crippen molar-refractivity contribution >= 4 is 47.0 Å². The monoisotopic (exact) mass is 370 g/mol. The molecule has 0 aliphatic heterocycles. The molecule has 0 unspecified atom stereocenters. The van der Waals surface area contributed by atoms with Crippen molar-refractivity contribution in [1.29, 1.82) is 5.41 Å². The van der Waals surface area contributed by atoms with E-state index in [0.29, 0.717) is 26.4 Å². The van der Waals surface area contributed by atoms with E-state index < -0.39 is 0 Å². The van der Waals surface area contributed by atoms with Crippen LogP contribution in [0.4, 0.5) is 0 Å². The van der Waals surface area contributed by atoms with Gasteiger partial charge in [0, 0.05) is 21.2 Å². The van der Waals surface area contributed by atoms with Crippen molar-refractivity contribution in [1.82, 2.24) is 5.43 Å². The van der Waals surface area contributed by atoms with Crippen molar-refractivity contribution in [2.75, 3.05) is 0 Å². The quantitative estimate of drug-likeness (QED) is 0.421. The van der Waals surface area contributed by atoms with Crippen LogP contribution in [-0.4, -0.2) is 12.2 Å². The average molecular weight is 372 g/mol. The highest BCUT2D eigenvalue weighted by molar-refractivity contribution is 6.34. The molecule has 2 aromatic rings. The van der Waals surface area contributed by atoms with Gasteiger partial charge in [-0.15, -0.1) is 0 Å². The predicted octanol–water partition coefficient (Wildman–Crippen LogP) is 4.04. The highest BCUT2D eigenvalue weighted by atomic mass is 35.5. The number of nitrogens with zero attached hydrogens (tertiary/aromatic N) is 1. The van der Waals surface area contributed by atoms with Crippen molar-refractivity contribution in [2.45, 2.75) is 6.61 Å². The van der Waals surface area contributed by atoms with Crippen molar-refractivity contribution in [3.63, 3.8) is 0 Å². The maximum atomic E-state index is 7.03. The number of halogens is 3. The van der Waals surface area contributed by atoms with Gasteiger partial charge in [0.25, 0.3) is 0 Å². The Morgan fingerprint density at radius 2 is 2.04 bits per heavy atom. The van der Waals surface area contributed by atoms with Crippen LogP contribution in [0.5, 0.6) is 5.75 Å². The molecule has 2 aromatic carbocycles. The summed E-state index contributed by atoms with van der Waals surface area (Å²) in [6.07, 6.45) is 1.45. The smallest absolute Gasteiger partial charge is 0.206 e. The van der Waals surface area contributed by atoms with Gasteiger partial charge in [0.05, 0.1) is 11.2 Å². The third kappa shape index (κ3) is 5.03. The first-order valence-electron chi connectivity index (χ1n) is 6.45. The molecule has 2 rings (SSSR count). The summed E-state index contributed by atoms with van der Waals surface area (Å²) in [7, 11) is 0. The number of guanidine groups is 1. The number of ether oxygens (including phenoxy) is 1. The van der Waals surface area contributed by atoms with Gasteiger partial charge in [-0.25, -0.2) is 5.43 Å². The zero-order valence-electron chi connectivity index (χ0n) is 11.8. The minimum absolute atomic E-state index is 0.228. The van der Waals surface area contributed by atoms with Crippen LogP contribution >= 0.6 is 34.8 Å².